The van der Waals surface area contributed by atoms with E-state index in [1.54, 1.807) is 0 Å². The smallest absolute Gasteiger partial charge is 0.0834 e. The second-order valence-corrected chi connectivity index (χ2v) is 4.65. The first-order valence-corrected chi connectivity index (χ1v) is 7.81. The fourth-order valence-electron chi connectivity index (χ4n) is 1.78. The molecule has 18 heavy (non-hydrogen) atoms. The molecule has 0 saturated heterocycles. The summed E-state index contributed by atoms with van der Waals surface area (Å²) in [5.74, 6) is 0. The lowest BCUT2D eigenvalue weighted by atomic mass is 10.2. The molecule has 1 aromatic carbocycles. The van der Waals surface area contributed by atoms with Crippen molar-refractivity contribution in [3.05, 3.63) is 9.02 Å². The first kappa shape index (κ1) is 17.5. The van der Waals surface area contributed by atoms with Crippen molar-refractivity contribution in [2.45, 2.75) is 47.5 Å². The highest BCUT2D eigenvalue weighted by Gasteiger charge is 2.18. The summed E-state index contributed by atoms with van der Waals surface area (Å²) in [5.41, 5.74) is 2.25. The normalized spacial score (nSPS) is 9.83. The van der Waals surface area contributed by atoms with Crippen LogP contribution in [0.1, 0.15) is 47.5 Å². The highest BCUT2D eigenvalue weighted by molar-refractivity contribution is 7.74. The molecule has 0 fully saturated rings. The van der Waals surface area contributed by atoms with Crippen LogP contribution in [0.5, 0.6) is 0 Å². The van der Waals surface area contributed by atoms with E-state index in [0.29, 0.717) is 0 Å². The second kappa shape index (κ2) is 9.45. The third-order valence-corrected chi connectivity index (χ3v) is 3.73. The molecule has 0 aliphatic carbocycles. The van der Waals surface area contributed by atoms with Crippen LogP contribution in [0.25, 0.3) is 0 Å². The molecule has 1 aromatic rings. The Hall–Kier alpha value is -0.480. The van der Waals surface area contributed by atoms with Crippen LogP contribution in [0.3, 0.4) is 0 Å². The maximum atomic E-state index is 5.31. The van der Waals surface area contributed by atoms with Crippen molar-refractivity contribution in [3.8, 4) is 0 Å². The largest absolute Gasteiger partial charge is 0.382 e. The molecule has 0 bridgehead atoms. The molecule has 0 aliphatic rings. The number of unbranched alkanes of at least 4 members (excludes halogenated alkanes) is 1. The third-order valence-electron chi connectivity index (χ3n) is 2.80. The maximum Gasteiger partial charge on any atom is 0.0834 e. The molecule has 0 radical (unpaired) electrons. The Bertz CT molecular complexity index is 402. The van der Waals surface area contributed by atoms with E-state index < -0.39 is 0 Å². The molecule has 0 aromatic heterocycles. The first-order chi connectivity index (χ1) is 8.67. The van der Waals surface area contributed by atoms with Gasteiger partial charge in [0.05, 0.1) is 20.4 Å². The van der Waals surface area contributed by atoms with E-state index in [-0.39, 0.29) is 0 Å². The van der Waals surface area contributed by atoms with Gasteiger partial charge in [0.2, 0.25) is 0 Å². The van der Waals surface area contributed by atoms with Crippen molar-refractivity contribution in [1.82, 2.24) is 0 Å². The maximum absolute atomic E-state index is 5.31. The summed E-state index contributed by atoms with van der Waals surface area (Å²) in [7, 11) is 0. The average Bonchev–Trinajstić information content (AvgIpc) is 2.43. The Balaban J connectivity index is 0.00000137. The summed E-state index contributed by atoms with van der Waals surface area (Å²) in [6.45, 7) is 13.4. The van der Waals surface area contributed by atoms with Gasteiger partial charge in [0.1, 0.15) is 0 Å². The predicted octanol–water partition coefficient (Wildman–Crippen LogP) is 5.11. The van der Waals surface area contributed by atoms with Gasteiger partial charge in [-0.1, -0.05) is 51.6 Å². The zero-order chi connectivity index (χ0) is 14.1. The molecule has 0 unspecified atom stereocenters. The van der Waals surface area contributed by atoms with Crippen LogP contribution in [0.2, 0.25) is 0 Å². The summed E-state index contributed by atoms with van der Waals surface area (Å²) in [6, 6.07) is 0. The minimum atomic E-state index is 0.841. The minimum Gasteiger partial charge on any atom is -0.382 e. The van der Waals surface area contributed by atoms with Crippen LogP contribution in [0.4, 0.5) is 11.4 Å². The van der Waals surface area contributed by atoms with Crippen LogP contribution in [-0.2, 0) is 0 Å². The van der Waals surface area contributed by atoms with E-state index >= 15 is 0 Å². The Morgan fingerprint density at radius 2 is 1.56 bits per heavy atom. The predicted molar refractivity (Wildman–Crippen MR) is 88.8 cm³/mol. The number of anilines is 2. The summed E-state index contributed by atoms with van der Waals surface area (Å²) in [6.07, 6.45) is 2.36. The van der Waals surface area contributed by atoms with Gasteiger partial charge in [-0.15, -0.1) is 0 Å². The fraction of sp³-hybridized carbons (Fsp3) is 0.714. The molecule has 0 aliphatic heterocycles. The SMILES string of the molecule is CC.CCCCNc1c(N(CC)CC)c(=S)c1=S. The van der Waals surface area contributed by atoms with E-state index in [0.717, 1.165) is 40.0 Å². The van der Waals surface area contributed by atoms with Crippen molar-refractivity contribution in [2.24, 2.45) is 0 Å². The zero-order valence-electron chi connectivity index (χ0n) is 12.3. The second-order valence-electron chi connectivity index (χ2n) is 3.83. The molecular weight excluding hydrogens is 260 g/mol. The molecule has 4 heteroatoms. The molecule has 2 nitrogen and oxygen atoms in total. The fourth-order valence-corrected chi connectivity index (χ4v) is 2.37. The molecule has 104 valence electrons. The van der Waals surface area contributed by atoms with Crippen LogP contribution < -0.4 is 10.2 Å². The average molecular weight is 287 g/mol. The van der Waals surface area contributed by atoms with Crippen LogP contribution in [0.15, 0.2) is 0 Å². The number of nitrogens with zero attached hydrogens (tertiary/aromatic N) is 1. The quantitative estimate of drug-likeness (QED) is 0.553. The molecule has 1 N–H and O–H groups in total. The van der Waals surface area contributed by atoms with Gasteiger partial charge in [-0.2, -0.15) is 0 Å². The lowest BCUT2D eigenvalue weighted by Gasteiger charge is -2.27. The van der Waals surface area contributed by atoms with E-state index in [1.807, 2.05) is 13.8 Å². The van der Waals surface area contributed by atoms with Gasteiger partial charge >= 0.3 is 0 Å². The highest BCUT2D eigenvalue weighted by Crippen LogP contribution is 2.35. The van der Waals surface area contributed by atoms with Gasteiger partial charge in [0, 0.05) is 19.6 Å². The molecular formula is C14H26N2S2. The molecule has 0 amide bonds. The number of nitrogens with one attached hydrogen (secondary N) is 1. The summed E-state index contributed by atoms with van der Waals surface area (Å²) in [4.78, 5) is 2.27. The van der Waals surface area contributed by atoms with Crippen LogP contribution in [-0.4, -0.2) is 19.6 Å². The Kier molecular flexibility index (Phi) is 9.20. The molecule has 1 rings (SSSR count). The van der Waals surface area contributed by atoms with E-state index in [4.69, 9.17) is 24.4 Å². The minimum absolute atomic E-state index is 0.841. The summed E-state index contributed by atoms with van der Waals surface area (Å²) < 4.78 is 1.70. The van der Waals surface area contributed by atoms with Gasteiger partial charge in [-0.25, -0.2) is 0 Å². The molecule has 0 saturated carbocycles. The zero-order valence-corrected chi connectivity index (χ0v) is 13.9. The molecule has 0 atom stereocenters. The Morgan fingerprint density at radius 3 is 2.00 bits per heavy atom. The first-order valence-electron chi connectivity index (χ1n) is 6.99. The topological polar surface area (TPSA) is 15.3 Å². The monoisotopic (exact) mass is 286 g/mol. The molecule has 0 spiro atoms. The lowest BCUT2D eigenvalue weighted by molar-refractivity contribution is 0.826. The number of hydrogen-bond donors (Lipinski definition) is 1. The van der Waals surface area contributed by atoms with E-state index in [2.05, 4.69) is 31.0 Å². The van der Waals surface area contributed by atoms with E-state index in [9.17, 15) is 0 Å². The van der Waals surface area contributed by atoms with Gasteiger partial charge in [-0.3, -0.25) is 0 Å². The summed E-state index contributed by atoms with van der Waals surface area (Å²) >= 11 is 10.6. The summed E-state index contributed by atoms with van der Waals surface area (Å²) in [5, 5.41) is 3.41. The van der Waals surface area contributed by atoms with E-state index in [1.165, 1.54) is 12.8 Å². The Labute approximate surface area is 122 Å². The van der Waals surface area contributed by atoms with Gasteiger partial charge in [0.15, 0.2) is 0 Å². The Morgan fingerprint density at radius 1 is 1.00 bits per heavy atom. The number of hydrogen-bond acceptors (Lipinski definition) is 4. The standard InChI is InChI=1S/C12H20N2S2.C2H6/c1-4-7-8-13-9-10(12(16)11(9)15)14(5-2)6-3;1-2/h13H,4-8H2,1-3H3;1-2H3. The van der Waals surface area contributed by atoms with Crippen LogP contribution >= 0.6 is 24.4 Å². The van der Waals surface area contributed by atoms with Crippen LogP contribution in [0, 0.1) is 9.02 Å². The lowest BCUT2D eigenvalue weighted by Crippen LogP contribution is -2.25. The van der Waals surface area contributed by atoms with Crippen molar-refractivity contribution in [2.75, 3.05) is 29.9 Å². The van der Waals surface area contributed by atoms with Crippen molar-refractivity contribution >= 4 is 35.8 Å². The van der Waals surface area contributed by atoms with Gasteiger partial charge in [0.25, 0.3) is 0 Å². The van der Waals surface area contributed by atoms with Gasteiger partial charge in [-0.05, 0) is 20.3 Å². The van der Waals surface area contributed by atoms with Crippen molar-refractivity contribution in [3.63, 3.8) is 0 Å². The third kappa shape index (κ3) is 4.02. The molecule has 0 heterocycles. The van der Waals surface area contributed by atoms with Gasteiger partial charge < -0.3 is 10.2 Å². The van der Waals surface area contributed by atoms with Crippen molar-refractivity contribution < 1.29 is 0 Å². The van der Waals surface area contributed by atoms with Crippen molar-refractivity contribution in [1.29, 1.82) is 0 Å². The highest BCUT2D eigenvalue weighted by atomic mass is 32.1. The number of rotatable bonds is 7.